The summed E-state index contributed by atoms with van der Waals surface area (Å²) < 4.78 is 78.7. The van der Waals surface area contributed by atoms with Crippen LogP contribution in [-0.2, 0) is 6.18 Å². The molecule has 3 rings (SSSR count). The van der Waals surface area contributed by atoms with Gasteiger partial charge in [0.2, 0.25) is 0 Å². The molecule has 170 valence electrons. The summed E-state index contributed by atoms with van der Waals surface area (Å²) in [5.41, 5.74) is -0.345. The average molecular weight is 448 g/mol. The third-order valence-corrected chi connectivity index (χ3v) is 5.36. The summed E-state index contributed by atoms with van der Waals surface area (Å²) in [6, 6.07) is 1.41. The summed E-state index contributed by atoms with van der Waals surface area (Å²) in [5.74, 6) is -2.16. The highest BCUT2D eigenvalue weighted by Gasteiger charge is 2.42. The van der Waals surface area contributed by atoms with Crippen molar-refractivity contribution in [2.24, 2.45) is 5.92 Å². The minimum absolute atomic E-state index is 0.0463. The maximum atomic E-state index is 13.0. The fraction of sp³-hybridized carbons (Fsp3) is 0.550. The molecule has 2 unspecified atom stereocenters. The first-order valence-electron chi connectivity index (χ1n) is 9.87. The molecule has 0 saturated heterocycles. The third kappa shape index (κ3) is 5.19. The Bertz CT molecular complexity index is 917. The zero-order chi connectivity index (χ0) is 23.0. The predicted molar refractivity (Wildman–Crippen MR) is 99.7 cm³/mol. The van der Waals surface area contributed by atoms with Gasteiger partial charge in [-0.15, -0.1) is 0 Å². The van der Waals surface area contributed by atoms with E-state index >= 15 is 0 Å². The maximum absolute atomic E-state index is 13.0. The Balaban J connectivity index is 1.82. The first kappa shape index (κ1) is 23.1. The van der Waals surface area contributed by atoms with Gasteiger partial charge in [-0.25, -0.2) is 9.67 Å². The zero-order valence-electron chi connectivity index (χ0n) is 16.9. The number of carbonyl (C=O) groups is 1. The van der Waals surface area contributed by atoms with E-state index in [1.807, 2.05) is 0 Å². The van der Waals surface area contributed by atoms with Gasteiger partial charge >= 0.3 is 12.4 Å². The predicted octanol–water partition coefficient (Wildman–Crippen LogP) is 5.26. The Labute approximate surface area is 174 Å². The molecule has 0 aromatic carbocycles. The highest BCUT2D eigenvalue weighted by Crippen LogP contribution is 2.37. The van der Waals surface area contributed by atoms with Gasteiger partial charge in [0, 0.05) is 12.2 Å². The molecule has 0 spiro atoms. The van der Waals surface area contributed by atoms with E-state index in [-0.39, 0.29) is 30.1 Å². The van der Waals surface area contributed by atoms with Crippen molar-refractivity contribution in [2.45, 2.75) is 63.8 Å². The maximum Gasteiger partial charge on any atom is 0.417 e. The minimum Gasteiger partial charge on any atom is -0.349 e. The standard InChI is InChI=1S/C20H22F6N4O/c1-11(2)17-15(18(31)29-14-5-3-4-12(8-14)19(21,22)23)10-28-30(17)16-7-6-13(9-27-16)20(24,25)26/h6-7,9-12,14H,3-5,8H2,1-2H3,(H,29,31). The van der Waals surface area contributed by atoms with Gasteiger partial charge < -0.3 is 5.32 Å². The Kier molecular flexibility index (Phi) is 6.33. The lowest BCUT2D eigenvalue weighted by Gasteiger charge is -2.31. The third-order valence-electron chi connectivity index (χ3n) is 5.36. The molecule has 2 aromatic heterocycles. The van der Waals surface area contributed by atoms with Gasteiger partial charge in [0.15, 0.2) is 5.82 Å². The van der Waals surface area contributed by atoms with Crippen LogP contribution in [0.15, 0.2) is 24.5 Å². The van der Waals surface area contributed by atoms with Crippen LogP contribution in [0, 0.1) is 5.92 Å². The molecule has 11 heteroatoms. The van der Waals surface area contributed by atoms with Crippen molar-refractivity contribution in [2.75, 3.05) is 0 Å². The van der Waals surface area contributed by atoms with E-state index < -0.39 is 35.8 Å². The van der Waals surface area contributed by atoms with Crippen molar-refractivity contribution in [3.63, 3.8) is 0 Å². The fourth-order valence-corrected chi connectivity index (χ4v) is 3.83. The Morgan fingerprint density at radius 3 is 2.39 bits per heavy atom. The monoisotopic (exact) mass is 448 g/mol. The van der Waals surface area contributed by atoms with Crippen molar-refractivity contribution >= 4 is 5.91 Å². The molecule has 2 heterocycles. The van der Waals surface area contributed by atoms with E-state index in [9.17, 15) is 31.1 Å². The lowest BCUT2D eigenvalue weighted by atomic mass is 9.85. The normalized spacial score (nSPS) is 20.2. The van der Waals surface area contributed by atoms with E-state index in [0.717, 1.165) is 12.1 Å². The van der Waals surface area contributed by atoms with E-state index in [2.05, 4.69) is 15.4 Å². The molecule has 0 bridgehead atoms. The van der Waals surface area contributed by atoms with Gasteiger partial charge in [-0.1, -0.05) is 20.3 Å². The summed E-state index contributed by atoms with van der Waals surface area (Å²) in [5, 5.41) is 6.76. The fourth-order valence-electron chi connectivity index (χ4n) is 3.83. The summed E-state index contributed by atoms with van der Waals surface area (Å²) >= 11 is 0. The molecule has 1 aliphatic rings. The van der Waals surface area contributed by atoms with Crippen molar-refractivity contribution in [3.05, 3.63) is 41.3 Å². The Morgan fingerprint density at radius 2 is 1.84 bits per heavy atom. The topological polar surface area (TPSA) is 59.8 Å². The van der Waals surface area contributed by atoms with Gasteiger partial charge in [0.25, 0.3) is 5.91 Å². The second-order valence-electron chi connectivity index (χ2n) is 7.99. The van der Waals surface area contributed by atoms with Crippen molar-refractivity contribution < 1.29 is 31.1 Å². The lowest BCUT2D eigenvalue weighted by molar-refractivity contribution is -0.183. The summed E-state index contributed by atoms with van der Waals surface area (Å²) in [6.07, 6.45) is -6.22. The van der Waals surface area contributed by atoms with Gasteiger partial charge in [-0.2, -0.15) is 31.4 Å². The van der Waals surface area contributed by atoms with Crippen LogP contribution in [0.2, 0.25) is 0 Å². The number of alkyl halides is 6. The smallest absolute Gasteiger partial charge is 0.349 e. The highest BCUT2D eigenvalue weighted by atomic mass is 19.4. The average Bonchev–Trinajstić information content (AvgIpc) is 3.12. The van der Waals surface area contributed by atoms with Crippen LogP contribution < -0.4 is 5.32 Å². The molecule has 31 heavy (non-hydrogen) atoms. The van der Waals surface area contributed by atoms with Crippen LogP contribution in [0.1, 0.15) is 67.1 Å². The number of carbonyl (C=O) groups excluding carboxylic acids is 1. The number of nitrogens with one attached hydrogen (secondary N) is 1. The molecule has 1 aliphatic carbocycles. The van der Waals surface area contributed by atoms with Crippen LogP contribution in [0.3, 0.4) is 0 Å². The largest absolute Gasteiger partial charge is 0.417 e. The number of hydrogen-bond acceptors (Lipinski definition) is 3. The molecule has 2 aromatic rings. The highest BCUT2D eigenvalue weighted by molar-refractivity contribution is 5.95. The molecular weight excluding hydrogens is 426 g/mol. The number of amides is 1. The molecule has 0 aliphatic heterocycles. The molecular formula is C20H22F6N4O. The van der Waals surface area contributed by atoms with E-state index in [1.165, 1.54) is 10.9 Å². The summed E-state index contributed by atoms with van der Waals surface area (Å²) in [4.78, 5) is 16.6. The number of aromatic nitrogens is 3. The molecule has 1 amide bonds. The number of hydrogen-bond donors (Lipinski definition) is 1. The first-order chi connectivity index (χ1) is 14.4. The van der Waals surface area contributed by atoms with Crippen LogP contribution in [0.25, 0.3) is 5.82 Å². The molecule has 1 fully saturated rings. The van der Waals surface area contributed by atoms with Gasteiger partial charge in [0.1, 0.15) is 0 Å². The van der Waals surface area contributed by atoms with Crippen LogP contribution >= 0.6 is 0 Å². The molecule has 1 N–H and O–H groups in total. The second kappa shape index (κ2) is 8.51. The number of halogens is 6. The van der Waals surface area contributed by atoms with Crippen molar-refractivity contribution in [1.29, 1.82) is 0 Å². The Hall–Kier alpha value is -2.59. The molecule has 0 radical (unpaired) electrons. The molecule has 2 atom stereocenters. The summed E-state index contributed by atoms with van der Waals surface area (Å²) in [7, 11) is 0. The molecule has 1 saturated carbocycles. The van der Waals surface area contributed by atoms with Gasteiger partial charge in [0.05, 0.1) is 28.9 Å². The van der Waals surface area contributed by atoms with E-state index in [4.69, 9.17) is 0 Å². The number of pyridine rings is 1. The minimum atomic E-state index is -4.53. The first-order valence-corrected chi connectivity index (χ1v) is 9.87. The second-order valence-corrected chi connectivity index (χ2v) is 7.99. The van der Waals surface area contributed by atoms with E-state index in [0.29, 0.717) is 24.7 Å². The Morgan fingerprint density at radius 1 is 1.13 bits per heavy atom. The van der Waals surface area contributed by atoms with E-state index in [1.54, 1.807) is 13.8 Å². The van der Waals surface area contributed by atoms with Gasteiger partial charge in [-0.05, 0) is 37.3 Å². The van der Waals surface area contributed by atoms with Crippen molar-refractivity contribution in [3.8, 4) is 5.82 Å². The van der Waals surface area contributed by atoms with Crippen LogP contribution in [0.5, 0.6) is 0 Å². The lowest BCUT2D eigenvalue weighted by Crippen LogP contribution is -2.41. The summed E-state index contributed by atoms with van der Waals surface area (Å²) in [6.45, 7) is 3.54. The molecule has 5 nitrogen and oxygen atoms in total. The number of rotatable bonds is 4. The quantitative estimate of drug-likeness (QED) is 0.649. The van der Waals surface area contributed by atoms with Crippen LogP contribution in [-0.4, -0.2) is 32.9 Å². The van der Waals surface area contributed by atoms with Gasteiger partial charge in [-0.3, -0.25) is 4.79 Å². The number of nitrogens with zero attached hydrogens (tertiary/aromatic N) is 3. The van der Waals surface area contributed by atoms with Crippen molar-refractivity contribution in [1.82, 2.24) is 20.1 Å². The SMILES string of the molecule is CC(C)c1c(C(=O)NC2CCCC(C(F)(F)F)C2)cnn1-c1ccc(C(F)(F)F)cn1. The van der Waals surface area contributed by atoms with Crippen LogP contribution in [0.4, 0.5) is 26.3 Å². The zero-order valence-corrected chi connectivity index (χ0v) is 16.9.